The second-order valence-corrected chi connectivity index (χ2v) is 38.3. The number of thioether (sulfide) groups is 1. The van der Waals surface area contributed by atoms with Crippen molar-refractivity contribution in [3.8, 4) is 5.75 Å². The molecule has 48 heteroatoms. The van der Waals surface area contributed by atoms with Gasteiger partial charge in [-0.2, -0.15) is 11.8 Å². The summed E-state index contributed by atoms with van der Waals surface area (Å²) in [6.07, 6.45) is 0.0247. The van der Waals surface area contributed by atoms with E-state index in [1.54, 1.807) is 111 Å². The number of carbonyl (C=O) groups excluding carboxylic acids is 17. The fraction of sp³-hybridized carbons (Fsp3) is 0.645. The van der Waals surface area contributed by atoms with Crippen LogP contribution in [0.25, 0.3) is 0 Å². The standard InChI is InChI=1S/C47H74N10O14S.C46H71N9O14/c1-8-26(6)36(49)45(68)51-29(18-20-72-7)39(62)52-31(22-35(60)61)42(65)50-28(16-17-34(48)59)40(63)55-37(24(2)3)46(69)57-19-12-15-33(57)44(67)53-30(21-27-13-10-9-11-14-27)41(64)54-32(23-58)43(66)56-38(25(4)5)47(70)71;1-23(2)20-31(50-39(61)29(47)21-27-12-14-28(57)15-13-27)40(62)49-30(16-17-35(59)60)45(67)55-19-9-10-32(55)41(63)48-22-34(58)54-18-8-11-33(54)42(64)51-36(24(3)4)43(65)53-38(26(7)56)44(66)52-37(25(5)6)46(68)69/h9-11,13-14,24-26,28-33,36-38,58H,8,12,15-23,49H2,1-7H3,(H2,48,59)(H,50,65)(H,51,68)(H,52,62)(H,53,67)(H,54,64)(H,55,63)(H,56,66)(H,60,61)(H,70,71);12-15,23-26,29-33,36-38,56-57H,8-11,16-22,47H2,1-7H3,(H,48,63)(H,49,62)(H,50,61)(H,51,64)(H,52,66)(H,53,65)(H,59,60)(H,68,69)/t26-,28-,29-,30-,31-,32-,33-,36-,37-,38-;26-,29+,30+,31+,32+,33+,36+,37+,38+/m01/s1. The molecule has 3 aliphatic rings. The van der Waals surface area contributed by atoms with E-state index in [9.17, 15) is 136 Å². The Morgan fingerprint density at radius 1 is 0.426 bits per heavy atom. The number of rotatable bonds is 56. The number of hydrogen-bond donors (Lipinski definition) is 23. The van der Waals surface area contributed by atoms with Crippen LogP contribution in [0.15, 0.2) is 54.6 Å². The van der Waals surface area contributed by atoms with E-state index in [4.69, 9.17) is 17.2 Å². The van der Waals surface area contributed by atoms with Crippen LogP contribution in [0.2, 0.25) is 0 Å². The molecule has 0 aliphatic carbocycles. The Morgan fingerprint density at radius 2 is 0.851 bits per heavy atom. The normalized spacial score (nSPS) is 18.0. The average molecular weight is 2010 g/mol. The number of nitrogens with zero attached hydrogens (tertiary/aromatic N) is 3. The molecule has 0 unspecified atom stereocenters. The summed E-state index contributed by atoms with van der Waals surface area (Å²) in [5, 5.41) is 101. The number of nitrogens with two attached hydrogens (primary N) is 3. The Balaban J connectivity index is 0.000000589. The third-order valence-electron chi connectivity index (χ3n) is 24.2. The highest BCUT2D eigenvalue weighted by Crippen LogP contribution is 2.26. The number of phenolic OH excluding ortho intramolecular Hbond substituents is 1. The van der Waals surface area contributed by atoms with Gasteiger partial charge in [0, 0.05) is 38.9 Å². The number of likely N-dealkylation sites (tertiary alicyclic amines) is 3. The Labute approximate surface area is 823 Å². The highest BCUT2D eigenvalue weighted by Gasteiger charge is 2.46. The molecule has 0 radical (unpaired) electrons. The van der Waals surface area contributed by atoms with E-state index in [1.807, 2.05) is 20.8 Å². The molecule has 0 saturated carbocycles. The molecule has 19 atom stereocenters. The molecule has 47 nitrogen and oxygen atoms in total. The van der Waals surface area contributed by atoms with Crippen molar-refractivity contribution in [2.24, 2.45) is 52.7 Å². The molecule has 0 bridgehead atoms. The Kier molecular flexibility index (Phi) is 50.6. The van der Waals surface area contributed by atoms with Gasteiger partial charge in [-0.1, -0.05) is 132 Å². The predicted molar refractivity (Wildman–Crippen MR) is 511 cm³/mol. The number of aromatic hydroxyl groups is 1. The van der Waals surface area contributed by atoms with Crippen LogP contribution in [0, 0.1) is 35.5 Å². The first-order chi connectivity index (χ1) is 66.2. The minimum Gasteiger partial charge on any atom is -0.508 e. The summed E-state index contributed by atoms with van der Waals surface area (Å²) in [6, 6.07) is -7.80. The topological polar surface area (TPSA) is 744 Å². The first-order valence-electron chi connectivity index (χ1n) is 47.3. The molecule has 2 aromatic rings. The van der Waals surface area contributed by atoms with Gasteiger partial charge in [-0.25, -0.2) is 9.59 Å². The maximum absolute atomic E-state index is 14.4. The van der Waals surface area contributed by atoms with Gasteiger partial charge in [0.05, 0.1) is 37.8 Å². The summed E-state index contributed by atoms with van der Waals surface area (Å²) < 4.78 is 0. The molecule has 0 spiro atoms. The molecule has 3 aliphatic heterocycles. The smallest absolute Gasteiger partial charge is 0.326 e. The largest absolute Gasteiger partial charge is 0.508 e. The Hall–Kier alpha value is -12.7. The van der Waals surface area contributed by atoms with E-state index in [2.05, 4.69) is 69.1 Å². The first-order valence-corrected chi connectivity index (χ1v) is 48.7. The number of carboxylic acid groups (broad SMARTS) is 4. The quantitative estimate of drug-likeness (QED) is 0.0304. The van der Waals surface area contributed by atoms with Gasteiger partial charge in [0.25, 0.3) is 0 Å². The minimum atomic E-state index is -1.80. The van der Waals surface area contributed by atoms with Gasteiger partial charge in [0.2, 0.25) is 100 Å². The SMILES string of the molecule is CC(C)C[C@H](NC(=O)[C@@H](N)Cc1ccc(O)cc1)C(=O)N[C@@H](CCC(=O)O)C(=O)N1CCC[C@H]1C(=O)NCC(=O)N1CCC[C@H]1C(=O)N[C@H](C(=O)N[C@H](C(=O)N[C@H](C(=O)O)C(C)C)[C@@H](C)O)C(C)C.CC[C@H](C)[C@H](N)C(=O)N[C@@H](CCSC)C(=O)N[C@@H](CC(=O)O)C(=O)N[C@@H](CCC(N)=O)C(=O)N[C@H](C(=O)N1CCC[C@H]1C(=O)N[C@@H](Cc1ccccc1)C(=O)N[C@@H](CO)C(=O)N[C@H](C(=O)O)C(C)C)C(C)C. The summed E-state index contributed by atoms with van der Waals surface area (Å²) >= 11 is 1.36. The summed E-state index contributed by atoms with van der Waals surface area (Å²) in [7, 11) is 0. The molecule has 786 valence electrons. The van der Waals surface area contributed by atoms with E-state index >= 15 is 0 Å². The monoisotopic (exact) mass is 2010 g/mol. The van der Waals surface area contributed by atoms with Crippen LogP contribution in [0.1, 0.15) is 191 Å². The molecule has 3 saturated heterocycles. The molecule has 2 aromatic carbocycles. The van der Waals surface area contributed by atoms with Crippen molar-refractivity contribution in [1.82, 2.24) is 83.8 Å². The molecular formula is C93H145N19O28S. The predicted octanol–water partition coefficient (Wildman–Crippen LogP) is -3.66. The number of aliphatic carboxylic acids is 4. The van der Waals surface area contributed by atoms with Crippen molar-refractivity contribution < 1.29 is 136 Å². The number of carboxylic acids is 4. The van der Waals surface area contributed by atoms with Gasteiger partial charge in [-0.15, -0.1) is 0 Å². The maximum Gasteiger partial charge on any atom is 0.326 e. The number of nitrogens with one attached hydrogen (secondary N) is 13. The van der Waals surface area contributed by atoms with E-state index in [1.165, 1.54) is 45.5 Å². The summed E-state index contributed by atoms with van der Waals surface area (Å²) in [4.78, 5) is 281. The molecular weight excluding hydrogens is 1860 g/mol. The lowest BCUT2D eigenvalue weighted by molar-refractivity contribution is -0.144. The third-order valence-corrected chi connectivity index (χ3v) is 24.8. The number of carbonyl (C=O) groups is 21. The maximum atomic E-state index is 14.4. The van der Waals surface area contributed by atoms with Crippen LogP contribution in [0.4, 0.5) is 0 Å². The molecule has 141 heavy (non-hydrogen) atoms. The van der Waals surface area contributed by atoms with Crippen LogP contribution in [-0.4, -0.2) is 328 Å². The van der Waals surface area contributed by atoms with E-state index in [0.29, 0.717) is 42.6 Å². The average Bonchev–Trinajstić information content (AvgIpc) is 1.71. The minimum absolute atomic E-state index is 0.0333. The van der Waals surface area contributed by atoms with Crippen molar-refractivity contribution in [1.29, 1.82) is 0 Å². The van der Waals surface area contributed by atoms with Crippen molar-refractivity contribution >= 4 is 136 Å². The van der Waals surface area contributed by atoms with Gasteiger partial charge >= 0.3 is 23.9 Å². The number of hydrogen-bond acceptors (Lipinski definition) is 27. The second-order valence-electron chi connectivity index (χ2n) is 37.3. The van der Waals surface area contributed by atoms with Crippen LogP contribution in [-0.2, 0) is 114 Å². The van der Waals surface area contributed by atoms with E-state index in [0.717, 1.165) is 0 Å². The number of amides is 17. The van der Waals surface area contributed by atoms with E-state index < -0.39 is 296 Å². The lowest BCUT2D eigenvalue weighted by Crippen LogP contribution is -2.61. The first kappa shape index (κ1) is 121. The fourth-order valence-electron chi connectivity index (χ4n) is 15.7. The zero-order chi connectivity index (χ0) is 106. The van der Waals surface area contributed by atoms with Crippen LogP contribution >= 0.6 is 11.8 Å². The van der Waals surface area contributed by atoms with Gasteiger partial charge in [0.1, 0.15) is 96.4 Å². The fourth-order valence-corrected chi connectivity index (χ4v) is 16.2. The van der Waals surface area contributed by atoms with Crippen LogP contribution in [0.5, 0.6) is 5.75 Å². The highest BCUT2D eigenvalue weighted by atomic mass is 32.2. The van der Waals surface area contributed by atoms with Crippen molar-refractivity contribution in [3.63, 3.8) is 0 Å². The van der Waals surface area contributed by atoms with Gasteiger partial charge in [-0.3, -0.25) is 91.1 Å². The van der Waals surface area contributed by atoms with Crippen molar-refractivity contribution in [2.75, 3.05) is 44.8 Å². The second kappa shape index (κ2) is 59.1. The molecule has 26 N–H and O–H groups in total. The van der Waals surface area contributed by atoms with Crippen molar-refractivity contribution in [3.05, 3.63) is 65.7 Å². The Morgan fingerprint density at radius 3 is 1.36 bits per heavy atom. The lowest BCUT2D eigenvalue weighted by Gasteiger charge is -2.32. The molecule has 5 rings (SSSR count). The summed E-state index contributed by atoms with van der Waals surface area (Å²) in [6.45, 7) is 19.9. The van der Waals surface area contributed by atoms with E-state index in [-0.39, 0.29) is 88.6 Å². The van der Waals surface area contributed by atoms with Crippen LogP contribution in [0.3, 0.4) is 0 Å². The number of phenols is 1. The van der Waals surface area contributed by atoms with Gasteiger partial charge < -0.3 is 137 Å². The number of primary amides is 1. The molecule has 3 fully saturated rings. The number of benzene rings is 2. The third kappa shape index (κ3) is 39.0. The number of aliphatic hydroxyl groups excluding tert-OH is 2. The van der Waals surface area contributed by atoms with Gasteiger partial charge in [-0.05, 0) is 148 Å². The zero-order valence-electron chi connectivity index (χ0n) is 82.3. The van der Waals surface area contributed by atoms with Crippen molar-refractivity contribution in [2.45, 2.75) is 302 Å². The molecule has 17 amide bonds. The highest BCUT2D eigenvalue weighted by molar-refractivity contribution is 7.98. The Bertz CT molecular complexity index is 4640. The summed E-state index contributed by atoms with van der Waals surface area (Å²) in [5.41, 5.74) is 18.9. The van der Waals surface area contributed by atoms with Gasteiger partial charge in [0.15, 0.2) is 0 Å². The number of aliphatic hydroxyl groups is 2. The zero-order valence-corrected chi connectivity index (χ0v) is 83.1. The lowest BCUT2D eigenvalue weighted by atomic mass is 9.99. The molecule has 0 aromatic heterocycles. The van der Waals surface area contributed by atoms with Crippen LogP contribution < -0.4 is 86.3 Å². The molecule has 3 heterocycles. The summed E-state index contributed by atoms with van der Waals surface area (Å²) in [5.74, 6) is -21.5.